The van der Waals surface area contributed by atoms with E-state index in [4.69, 9.17) is 5.11 Å². The van der Waals surface area contributed by atoms with Gasteiger partial charge in [-0.3, -0.25) is 4.79 Å². The van der Waals surface area contributed by atoms with E-state index < -0.39 is 5.97 Å². The zero-order valence-electron chi connectivity index (χ0n) is 11.5. The maximum absolute atomic E-state index is 12.2. The molecule has 0 saturated carbocycles. The van der Waals surface area contributed by atoms with Crippen LogP contribution in [-0.4, -0.2) is 52.6 Å². The molecule has 0 heterocycles. The summed E-state index contributed by atoms with van der Waals surface area (Å²) in [6.45, 7) is 8.09. The molecule has 0 aromatic carbocycles. The monoisotopic (exact) mass is 244 g/mol. The van der Waals surface area contributed by atoms with Crippen LogP contribution in [0.1, 0.15) is 40.5 Å². The van der Waals surface area contributed by atoms with Gasteiger partial charge in [0, 0.05) is 19.1 Å². The molecule has 0 spiro atoms. The van der Waals surface area contributed by atoms with Gasteiger partial charge in [0.2, 0.25) is 0 Å². The molecule has 0 aliphatic rings. The molecule has 0 fully saturated rings. The van der Waals surface area contributed by atoms with Crippen molar-refractivity contribution in [3.63, 3.8) is 0 Å². The highest BCUT2D eigenvalue weighted by atomic mass is 16.4. The molecule has 100 valence electrons. The van der Waals surface area contributed by atoms with Gasteiger partial charge in [0.05, 0.1) is 0 Å². The van der Waals surface area contributed by atoms with Gasteiger partial charge >= 0.3 is 12.0 Å². The van der Waals surface area contributed by atoms with Crippen molar-refractivity contribution in [3.8, 4) is 0 Å². The van der Waals surface area contributed by atoms with Crippen molar-refractivity contribution in [1.82, 2.24) is 9.80 Å². The van der Waals surface area contributed by atoms with Crippen molar-refractivity contribution in [3.05, 3.63) is 0 Å². The van der Waals surface area contributed by atoms with Crippen LogP contribution in [0.25, 0.3) is 0 Å². The van der Waals surface area contributed by atoms with Crippen LogP contribution < -0.4 is 0 Å². The van der Waals surface area contributed by atoms with Gasteiger partial charge in [0.25, 0.3) is 0 Å². The SMILES string of the molecule is CCCN(CC(=O)O)C(=O)N(C)C(C)(C)CC. The third-order valence-electron chi connectivity index (χ3n) is 3.15. The first kappa shape index (κ1) is 15.7. The second kappa shape index (κ2) is 6.47. The van der Waals surface area contributed by atoms with Crippen molar-refractivity contribution in [2.45, 2.75) is 46.1 Å². The fraction of sp³-hybridized carbons (Fsp3) is 0.833. The van der Waals surface area contributed by atoms with Gasteiger partial charge < -0.3 is 14.9 Å². The van der Waals surface area contributed by atoms with Crippen LogP contribution in [-0.2, 0) is 4.79 Å². The Morgan fingerprint density at radius 3 is 2.12 bits per heavy atom. The molecule has 0 rings (SSSR count). The van der Waals surface area contributed by atoms with Crippen LogP contribution in [0.5, 0.6) is 0 Å². The van der Waals surface area contributed by atoms with Gasteiger partial charge in [-0.25, -0.2) is 4.79 Å². The van der Waals surface area contributed by atoms with Crippen LogP contribution in [0.2, 0.25) is 0 Å². The highest BCUT2D eigenvalue weighted by molar-refractivity contribution is 5.80. The van der Waals surface area contributed by atoms with E-state index in [1.807, 2.05) is 27.7 Å². The Labute approximate surface area is 103 Å². The van der Waals surface area contributed by atoms with Gasteiger partial charge in [0.1, 0.15) is 6.54 Å². The molecule has 0 aromatic heterocycles. The van der Waals surface area contributed by atoms with Crippen molar-refractivity contribution < 1.29 is 14.7 Å². The van der Waals surface area contributed by atoms with E-state index in [1.54, 1.807) is 11.9 Å². The van der Waals surface area contributed by atoms with Gasteiger partial charge in [-0.2, -0.15) is 0 Å². The standard InChI is InChI=1S/C12H24N2O3/c1-6-8-14(9-10(15)16)11(17)13(5)12(3,4)7-2/h6-9H2,1-5H3,(H,15,16). The number of hydrogen-bond acceptors (Lipinski definition) is 2. The van der Waals surface area contributed by atoms with Gasteiger partial charge in [0.15, 0.2) is 0 Å². The lowest BCUT2D eigenvalue weighted by molar-refractivity contribution is -0.137. The first-order valence-corrected chi connectivity index (χ1v) is 6.00. The Balaban J connectivity index is 4.76. The van der Waals surface area contributed by atoms with Crippen LogP contribution in [0.4, 0.5) is 4.79 Å². The molecule has 0 radical (unpaired) electrons. The summed E-state index contributed by atoms with van der Waals surface area (Å²) in [5.74, 6) is -0.977. The Kier molecular flexibility index (Phi) is 5.99. The average molecular weight is 244 g/mol. The molecular weight excluding hydrogens is 220 g/mol. The van der Waals surface area contributed by atoms with Gasteiger partial charge in [-0.15, -0.1) is 0 Å². The largest absolute Gasteiger partial charge is 0.480 e. The minimum Gasteiger partial charge on any atom is -0.480 e. The molecule has 0 bridgehead atoms. The highest BCUT2D eigenvalue weighted by Gasteiger charge is 2.29. The lowest BCUT2D eigenvalue weighted by Gasteiger charge is -2.38. The smallest absolute Gasteiger partial charge is 0.323 e. The molecule has 0 aliphatic carbocycles. The van der Waals surface area contributed by atoms with E-state index >= 15 is 0 Å². The third kappa shape index (κ3) is 4.63. The van der Waals surface area contributed by atoms with Crippen molar-refractivity contribution in [2.24, 2.45) is 0 Å². The van der Waals surface area contributed by atoms with Crippen molar-refractivity contribution >= 4 is 12.0 Å². The molecule has 0 aromatic rings. The molecule has 0 saturated heterocycles. The first-order valence-electron chi connectivity index (χ1n) is 6.00. The normalized spacial score (nSPS) is 11.1. The summed E-state index contributed by atoms with van der Waals surface area (Å²) >= 11 is 0. The molecule has 17 heavy (non-hydrogen) atoms. The number of amides is 2. The van der Waals surface area contributed by atoms with E-state index in [0.717, 1.165) is 12.8 Å². The van der Waals surface area contributed by atoms with E-state index in [0.29, 0.717) is 6.54 Å². The van der Waals surface area contributed by atoms with Gasteiger partial charge in [-0.05, 0) is 26.7 Å². The minimum absolute atomic E-state index is 0.221. The second-order valence-electron chi connectivity index (χ2n) is 4.82. The maximum Gasteiger partial charge on any atom is 0.323 e. The van der Waals surface area contributed by atoms with E-state index in [2.05, 4.69) is 0 Å². The van der Waals surface area contributed by atoms with Crippen LogP contribution in [0, 0.1) is 0 Å². The molecule has 5 heteroatoms. The Bertz CT molecular complexity index is 277. The lowest BCUT2D eigenvalue weighted by Crippen LogP contribution is -2.52. The number of carbonyl (C=O) groups excluding carboxylic acids is 1. The lowest BCUT2D eigenvalue weighted by atomic mass is 10.0. The van der Waals surface area contributed by atoms with E-state index in [-0.39, 0.29) is 18.1 Å². The number of nitrogens with zero attached hydrogens (tertiary/aromatic N) is 2. The molecule has 1 N–H and O–H groups in total. The second-order valence-corrected chi connectivity index (χ2v) is 4.82. The molecule has 0 aliphatic heterocycles. The number of carboxylic acid groups (broad SMARTS) is 1. The van der Waals surface area contributed by atoms with Gasteiger partial charge in [-0.1, -0.05) is 13.8 Å². The Hall–Kier alpha value is -1.26. The average Bonchev–Trinajstić information content (AvgIpc) is 2.26. The zero-order valence-corrected chi connectivity index (χ0v) is 11.5. The fourth-order valence-corrected chi connectivity index (χ4v) is 1.38. The topological polar surface area (TPSA) is 60.9 Å². The minimum atomic E-state index is -0.977. The summed E-state index contributed by atoms with van der Waals surface area (Å²) in [7, 11) is 1.72. The summed E-state index contributed by atoms with van der Waals surface area (Å²) in [5.41, 5.74) is -0.262. The number of carbonyl (C=O) groups is 2. The number of urea groups is 1. The molecular formula is C12H24N2O3. The predicted octanol–water partition coefficient (Wildman–Crippen LogP) is 2.02. The number of carboxylic acids is 1. The van der Waals surface area contributed by atoms with Crippen LogP contribution in [0.15, 0.2) is 0 Å². The zero-order chi connectivity index (χ0) is 13.6. The Morgan fingerprint density at radius 2 is 1.76 bits per heavy atom. The van der Waals surface area contributed by atoms with E-state index in [1.165, 1.54) is 4.90 Å². The molecule has 5 nitrogen and oxygen atoms in total. The maximum atomic E-state index is 12.2. The van der Waals surface area contributed by atoms with Crippen molar-refractivity contribution in [2.75, 3.05) is 20.1 Å². The predicted molar refractivity (Wildman–Crippen MR) is 67.0 cm³/mol. The summed E-state index contributed by atoms with van der Waals surface area (Å²) in [4.78, 5) is 25.9. The summed E-state index contributed by atoms with van der Waals surface area (Å²) < 4.78 is 0. The van der Waals surface area contributed by atoms with E-state index in [9.17, 15) is 9.59 Å². The Morgan fingerprint density at radius 1 is 1.24 bits per heavy atom. The summed E-state index contributed by atoms with van der Waals surface area (Å²) in [6, 6.07) is -0.221. The molecule has 2 amide bonds. The van der Waals surface area contributed by atoms with Crippen LogP contribution in [0.3, 0.4) is 0 Å². The summed E-state index contributed by atoms with van der Waals surface area (Å²) in [6.07, 6.45) is 1.57. The first-order chi connectivity index (χ1) is 7.76. The number of rotatable bonds is 6. The molecule has 0 atom stereocenters. The third-order valence-corrected chi connectivity index (χ3v) is 3.15. The van der Waals surface area contributed by atoms with Crippen LogP contribution >= 0.6 is 0 Å². The quantitative estimate of drug-likeness (QED) is 0.777. The fourth-order valence-electron chi connectivity index (χ4n) is 1.38. The number of aliphatic carboxylic acids is 1. The number of hydrogen-bond donors (Lipinski definition) is 1. The highest BCUT2D eigenvalue weighted by Crippen LogP contribution is 2.18. The summed E-state index contributed by atoms with van der Waals surface area (Å²) in [5, 5.41) is 8.79. The molecule has 0 unspecified atom stereocenters. The van der Waals surface area contributed by atoms with Crippen molar-refractivity contribution in [1.29, 1.82) is 0 Å².